The molecule has 162 valence electrons. The van der Waals surface area contributed by atoms with Crippen LogP contribution in [0.15, 0.2) is 47.8 Å². The monoisotopic (exact) mass is 437 g/mol. The first-order valence-corrected chi connectivity index (χ1v) is 10.3. The molecule has 3 atom stereocenters. The van der Waals surface area contributed by atoms with Crippen molar-refractivity contribution >= 4 is 23.3 Å². The minimum atomic E-state index is -1.03. The molecule has 1 N–H and O–H groups in total. The van der Waals surface area contributed by atoms with Crippen molar-refractivity contribution in [2.24, 2.45) is 5.10 Å². The molecule has 2 aromatic rings. The number of nitrogens with zero attached hydrogens (tertiary/aromatic N) is 2. The number of carbonyl (C=O) groups is 1. The van der Waals surface area contributed by atoms with E-state index in [4.69, 9.17) is 16.3 Å². The third-order valence-electron chi connectivity index (χ3n) is 4.49. The van der Waals surface area contributed by atoms with Crippen LogP contribution in [0.25, 0.3) is 0 Å². The van der Waals surface area contributed by atoms with Gasteiger partial charge in [0.2, 0.25) is 0 Å². The van der Waals surface area contributed by atoms with Crippen LogP contribution in [0.3, 0.4) is 0 Å². The van der Waals surface area contributed by atoms with Crippen LogP contribution in [0.1, 0.15) is 57.3 Å². The summed E-state index contributed by atoms with van der Waals surface area (Å²) in [5, 5.41) is 4.01. The summed E-state index contributed by atoms with van der Waals surface area (Å²) in [5.41, 5.74) is 4.62. The van der Waals surface area contributed by atoms with E-state index in [1.54, 1.807) is 44.4 Å². The molecule has 3 rings (SSSR count). The molecule has 5 nitrogen and oxygen atoms in total. The highest BCUT2D eigenvalue weighted by Crippen LogP contribution is 2.26. The van der Waals surface area contributed by atoms with Crippen molar-refractivity contribution in [2.75, 3.05) is 0 Å². The largest absolute Gasteiger partial charge is 0.457 e. The first-order chi connectivity index (χ1) is 14.4. The lowest BCUT2D eigenvalue weighted by Gasteiger charge is -2.17. The van der Waals surface area contributed by atoms with E-state index in [2.05, 4.69) is 15.5 Å². The minimum absolute atomic E-state index is 0.0748. The highest BCUT2D eigenvalue weighted by atomic mass is 35.5. The number of hydrogen-bond donors (Lipinski definition) is 1. The zero-order valence-electron chi connectivity index (χ0n) is 17.2. The number of hydrogen-bond acceptors (Lipinski definition) is 5. The van der Waals surface area contributed by atoms with E-state index in [0.29, 0.717) is 24.1 Å². The van der Waals surface area contributed by atoms with Crippen molar-refractivity contribution in [3.63, 3.8) is 0 Å². The van der Waals surface area contributed by atoms with Crippen LogP contribution in [0, 0.1) is 5.82 Å². The molecule has 0 fully saturated rings. The number of ether oxygens (including phenoxy) is 1. The van der Waals surface area contributed by atoms with Crippen molar-refractivity contribution in [1.82, 2.24) is 10.4 Å². The average molecular weight is 438 g/mol. The van der Waals surface area contributed by atoms with E-state index in [1.165, 1.54) is 12.1 Å². The van der Waals surface area contributed by atoms with Gasteiger partial charge >= 0.3 is 5.97 Å². The van der Waals surface area contributed by atoms with Crippen molar-refractivity contribution in [1.29, 1.82) is 0 Å². The van der Waals surface area contributed by atoms with Gasteiger partial charge in [-0.15, -0.1) is 0 Å². The number of esters is 1. The number of halogens is 3. The van der Waals surface area contributed by atoms with Crippen molar-refractivity contribution in [3.8, 4) is 0 Å². The molecule has 0 saturated heterocycles. The second-order valence-electron chi connectivity index (χ2n) is 6.85. The van der Waals surface area contributed by atoms with Crippen LogP contribution < -0.4 is 5.43 Å². The maximum atomic E-state index is 13.5. The van der Waals surface area contributed by atoms with Gasteiger partial charge in [0, 0.05) is 24.4 Å². The fraction of sp³-hybridized carbons (Fsp3) is 0.409. The lowest BCUT2D eigenvalue weighted by atomic mass is 10.0. The molecule has 0 bridgehead atoms. The van der Waals surface area contributed by atoms with E-state index in [-0.39, 0.29) is 23.1 Å². The molecule has 8 heteroatoms. The van der Waals surface area contributed by atoms with Crippen molar-refractivity contribution < 1.29 is 18.3 Å². The quantitative estimate of drug-likeness (QED) is 0.615. The summed E-state index contributed by atoms with van der Waals surface area (Å²) in [5.74, 6) is -0.767. The molecular formula is C22H26ClF2N3O2. The first kappa shape index (κ1) is 23.7. The Labute approximate surface area is 180 Å². The van der Waals surface area contributed by atoms with E-state index in [9.17, 15) is 13.6 Å². The number of alkyl halides is 1. The third kappa shape index (κ3) is 6.49. The molecule has 1 aliphatic heterocycles. The van der Waals surface area contributed by atoms with Crippen LogP contribution in [0.4, 0.5) is 8.78 Å². The van der Waals surface area contributed by atoms with Crippen molar-refractivity contribution in [3.05, 3.63) is 64.7 Å². The summed E-state index contributed by atoms with van der Waals surface area (Å²) in [6.45, 7) is 5.48. The highest BCUT2D eigenvalue weighted by Gasteiger charge is 2.28. The summed E-state index contributed by atoms with van der Waals surface area (Å²) in [7, 11) is 0. The topological polar surface area (TPSA) is 63.6 Å². The van der Waals surface area contributed by atoms with Gasteiger partial charge < -0.3 is 10.2 Å². The van der Waals surface area contributed by atoms with E-state index in [0.717, 1.165) is 12.0 Å². The fourth-order valence-electron chi connectivity index (χ4n) is 2.79. The van der Waals surface area contributed by atoms with Crippen LogP contribution in [0.5, 0.6) is 0 Å². The second kappa shape index (κ2) is 11.6. The molecule has 1 aromatic carbocycles. The molecule has 2 heterocycles. The normalized spacial score (nSPS) is 18.5. The van der Waals surface area contributed by atoms with Gasteiger partial charge in [0.1, 0.15) is 17.6 Å². The summed E-state index contributed by atoms with van der Waals surface area (Å²) >= 11 is 5.61. The van der Waals surface area contributed by atoms with Gasteiger partial charge in [-0.3, -0.25) is 9.78 Å². The molecule has 0 radical (unpaired) electrons. The van der Waals surface area contributed by atoms with Gasteiger partial charge in [0.15, 0.2) is 6.17 Å². The minimum Gasteiger partial charge on any atom is -0.457 e. The van der Waals surface area contributed by atoms with Gasteiger partial charge in [0.05, 0.1) is 11.1 Å². The lowest BCUT2D eigenvalue weighted by molar-refractivity contribution is -0.149. The summed E-state index contributed by atoms with van der Waals surface area (Å²) in [4.78, 5) is 15.1. The SMILES string of the molecule is CC1NN=C(c2ccncc2)C1F.CCCC(OC(=O)CC)c1ccc(Cl)c(F)c1. The van der Waals surface area contributed by atoms with Gasteiger partial charge in [-0.05, 0) is 43.2 Å². The molecule has 30 heavy (non-hydrogen) atoms. The van der Waals surface area contributed by atoms with Gasteiger partial charge in [-0.1, -0.05) is 37.9 Å². The molecule has 1 aromatic heterocycles. The molecular weight excluding hydrogens is 412 g/mol. The number of benzene rings is 1. The Bertz CT molecular complexity index is 865. The molecule has 0 saturated carbocycles. The summed E-state index contributed by atoms with van der Waals surface area (Å²) in [6.07, 6.45) is 3.69. The van der Waals surface area contributed by atoms with Crippen LogP contribution in [0.2, 0.25) is 5.02 Å². The lowest BCUT2D eigenvalue weighted by Crippen LogP contribution is -2.27. The van der Waals surface area contributed by atoms with Gasteiger partial charge in [-0.2, -0.15) is 5.10 Å². The molecule has 0 aliphatic carbocycles. The standard InChI is InChI=1S/C13H16ClFO2.C9H10FN3/c1-3-5-12(17-13(16)4-2)9-6-7-10(14)11(15)8-9;1-6-8(10)9(13-12-6)7-2-4-11-5-3-7/h6-8,12H,3-5H2,1-2H3;2-6,8,12H,1H3. The van der Waals surface area contributed by atoms with Crippen LogP contribution in [-0.4, -0.2) is 28.9 Å². The predicted octanol–water partition coefficient (Wildman–Crippen LogP) is 5.39. The fourth-order valence-corrected chi connectivity index (χ4v) is 2.91. The molecule has 3 unspecified atom stereocenters. The number of carbonyl (C=O) groups excluding carboxylic acids is 1. The average Bonchev–Trinajstić information content (AvgIpc) is 3.09. The molecule has 1 aliphatic rings. The highest BCUT2D eigenvalue weighted by molar-refractivity contribution is 6.30. The van der Waals surface area contributed by atoms with Gasteiger partial charge in [0.25, 0.3) is 0 Å². The Morgan fingerprint density at radius 1 is 1.27 bits per heavy atom. The Balaban J connectivity index is 0.000000220. The number of hydrazone groups is 1. The first-order valence-electron chi connectivity index (χ1n) is 9.89. The third-order valence-corrected chi connectivity index (χ3v) is 4.80. The zero-order chi connectivity index (χ0) is 22.1. The summed E-state index contributed by atoms with van der Waals surface area (Å²) in [6, 6.07) is 7.77. The van der Waals surface area contributed by atoms with Crippen LogP contribution >= 0.6 is 11.6 Å². The van der Waals surface area contributed by atoms with E-state index < -0.39 is 12.0 Å². The number of rotatable bonds is 6. The van der Waals surface area contributed by atoms with Crippen molar-refractivity contribution in [2.45, 2.75) is 58.4 Å². The predicted molar refractivity (Wildman–Crippen MR) is 114 cm³/mol. The Hall–Kier alpha value is -2.54. The zero-order valence-corrected chi connectivity index (χ0v) is 18.0. The smallest absolute Gasteiger partial charge is 0.306 e. The number of nitrogens with one attached hydrogen (secondary N) is 1. The summed E-state index contributed by atoms with van der Waals surface area (Å²) < 4.78 is 32.1. The Morgan fingerprint density at radius 3 is 2.50 bits per heavy atom. The molecule has 0 amide bonds. The molecule has 0 spiro atoms. The number of pyridine rings is 1. The maximum Gasteiger partial charge on any atom is 0.306 e. The van der Waals surface area contributed by atoms with Gasteiger partial charge in [-0.25, -0.2) is 8.78 Å². The second-order valence-corrected chi connectivity index (χ2v) is 7.25. The van der Waals surface area contributed by atoms with E-state index >= 15 is 0 Å². The Kier molecular flexibility index (Phi) is 9.17. The Morgan fingerprint density at radius 2 is 1.97 bits per heavy atom. The van der Waals surface area contributed by atoms with Crippen LogP contribution in [-0.2, 0) is 9.53 Å². The number of aromatic nitrogens is 1. The van der Waals surface area contributed by atoms with E-state index in [1.807, 2.05) is 6.92 Å². The maximum absolute atomic E-state index is 13.5.